The van der Waals surface area contributed by atoms with Crippen molar-refractivity contribution in [2.75, 3.05) is 16.2 Å². The third-order valence-electron chi connectivity index (χ3n) is 5.29. The zero-order chi connectivity index (χ0) is 22.0. The van der Waals surface area contributed by atoms with Gasteiger partial charge in [-0.25, -0.2) is 8.42 Å². The van der Waals surface area contributed by atoms with Crippen LogP contribution in [0.2, 0.25) is 0 Å². The Labute approximate surface area is 182 Å². The number of nitrogens with one attached hydrogen (secondary N) is 1. The molecule has 0 spiro atoms. The largest absolute Gasteiger partial charge is 0.476 e. The van der Waals surface area contributed by atoms with Crippen molar-refractivity contribution in [3.8, 4) is 5.75 Å². The van der Waals surface area contributed by atoms with Gasteiger partial charge in [0.15, 0.2) is 6.10 Å². The van der Waals surface area contributed by atoms with Crippen LogP contribution in [0.5, 0.6) is 5.75 Å². The predicted molar refractivity (Wildman–Crippen MR) is 121 cm³/mol. The van der Waals surface area contributed by atoms with Crippen molar-refractivity contribution < 1.29 is 17.9 Å². The van der Waals surface area contributed by atoms with Crippen LogP contribution in [0.4, 0.5) is 11.4 Å². The molecule has 0 unspecified atom stereocenters. The molecule has 1 aliphatic rings. The number of nitrogens with zero attached hydrogens (tertiary/aromatic N) is 1. The van der Waals surface area contributed by atoms with E-state index in [-0.39, 0.29) is 17.3 Å². The molecular formula is C24H24N2O4S. The first kappa shape index (κ1) is 20.9. The molecular weight excluding hydrogens is 412 g/mol. The van der Waals surface area contributed by atoms with Crippen LogP contribution in [0.1, 0.15) is 18.1 Å². The number of ether oxygens (including phenoxy) is 1. The van der Waals surface area contributed by atoms with Crippen LogP contribution in [0, 0.1) is 6.92 Å². The van der Waals surface area contributed by atoms with Crippen molar-refractivity contribution in [2.24, 2.45) is 0 Å². The summed E-state index contributed by atoms with van der Waals surface area (Å²) < 4.78 is 34.0. The van der Waals surface area contributed by atoms with Crippen molar-refractivity contribution in [2.45, 2.75) is 31.3 Å². The molecule has 1 atom stereocenters. The summed E-state index contributed by atoms with van der Waals surface area (Å²) in [5, 5.41) is 2.90. The molecule has 7 heteroatoms. The van der Waals surface area contributed by atoms with E-state index in [1.807, 2.05) is 38.1 Å². The van der Waals surface area contributed by atoms with E-state index in [4.69, 9.17) is 4.74 Å². The lowest BCUT2D eigenvalue weighted by Crippen LogP contribution is -2.48. The van der Waals surface area contributed by atoms with Crippen LogP contribution in [0.25, 0.3) is 0 Å². The van der Waals surface area contributed by atoms with Gasteiger partial charge in [-0.15, -0.1) is 0 Å². The maximum atomic E-state index is 13.4. The van der Waals surface area contributed by atoms with Crippen LogP contribution in [-0.2, 0) is 21.2 Å². The number of carbonyl (C=O) groups excluding carboxylic acids is 1. The summed E-state index contributed by atoms with van der Waals surface area (Å²) in [6.45, 7) is 3.79. The van der Waals surface area contributed by atoms with Gasteiger partial charge < -0.3 is 10.1 Å². The SMILES string of the molecule is CCc1ccccc1NC(=O)[C@H]1CN(S(=O)(=O)c2ccc(C)cc2)c2ccccc2O1. The summed E-state index contributed by atoms with van der Waals surface area (Å²) in [4.78, 5) is 13.2. The van der Waals surface area contributed by atoms with Crippen LogP contribution in [-0.4, -0.2) is 27.0 Å². The molecule has 31 heavy (non-hydrogen) atoms. The number of amides is 1. The molecule has 3 aromatic carbocycles. The van der Waals surface area contributed by atoms with Crippen LogP contribution >= 0.6 is 0 Å². The number of hydrogen-bond donors (Lipinski definition) is 1. The second-order valence-corrected chi connectivity index (χ2v) is 9.29. The maximum Gasteiger partial charge on any atom is 0.267 e. The first-order chi connectivity index (χ1) is 14.9. The van der Waals surface area contributed by atoms with E-state index in [1.54, 1.807) is 48.5 Å². The molecule has 0 radical (unpaired) electrons. The summed E-state index contributed by atoms with van der Waals surface area (Å²) in [5.74, 6) is -0.0344. The van der Waals surface area contributed by atoms with Gasteiger partial charge in [-0.05, 0) is 49.2 Å². The van der Waals surface area contributed by atoms with Gasteiger partial charge >= 0.3 is 0 Å². The number of anilines is 2. The minimum absolute atomic E-state index is 0.118. The standard InChI is InChI=1S/C24H24N2O4S/c1-3-18-8-4-5-9-20(18)25-24(27)23-16-26(21-10-6-7-11-22(21)30-23)31(28,29)19-14-12-17(2)13-15-19/h4-15,23H,3,16H2,1-2H3,(H,25,27)/t23-/m1/s1. The molecule has 0 fully saturated rings. The Balaban J connectivity index is 1.67. The molecule has 1 amide bonds. The highest BCUT2D eigenvalue weighted by Gasteiger charge is 2.37. The normalized spacial score (nSPS) is 15.7. The zero-order valence-electron chi connectivity index (χ0n) is 17.4. The van der Waals surface area contributed by atoms with E-state index in [0.29, 0.717) is 17.1 Å². The van der Waals surface area contributed by atoms with E-state index < -0.39 is 16.1 Å². The van der Waals surface area contributed by atoms with Crippen LogP contribution < -0.4 is 14.4 Å². The van der Waals surface area contributed by atoms with Crippen LogP contribution in [0.3, 0.4) is 0 Å². The predicted octanol–water partition coefficient (Wildman–Crippen LogP) is 4.15. The Morgan fingerprint density at radius 2 is 1.71 bits per heavy atom. The molecule has 0 aromatic heterocycles. The third-order valence-corrected chi connectivity index (χ3v) is 7.09. The molecule has 4 rings (SSSR count). The monoisotopic (exact) mass is 436 g/mol. The molecule has 1 N–H and O–H groups in total. The summed E-state index contributed by atoms with van der Waals surface area (Å²) >= 11 is 0. The lowest BCUT2D eigenvalue weighted by molar-refractivity contribution is -0.122. The number of hydrogen-bond acceptors (Lipinski definition) is 4. The van der Waals surface area contributed by atoms with Gasteiger partial charge in [0.05, 0.1) is 17.1 Å². The molecule has 1 aliphatic heterocycles. The van der Waals surface area contributed by atoms with E-state index in [9.17, 15) is 13.2 Å². The second kappa shape index (κ2) is 8.43. The fourth-order valence-corrected chi connectivity index (χ4v) is 5.04. The summed E-state index contributed by atoms with van der Waals surface area (Å²) in [5.41, 5.74) is 3.08. The van der Waals surface area contributed by atoms with E-state index in [1.165, 1.54) is 4.31 Å². The first-order valence-corrected chi connectivity index (χ1v) is 11.6. The van der Waals surface area contributed by atoms with Gasteiger partial charge in [-0.2, -0.15) is 0 Å². The molecule has 160 valence electrons. The highest BCUT2D eigenvalue weighted by Crippen LogP contribution is 2.37. The Kier molecular flexibility index (Phi) is 5.69. The fourth-order valence-electron chi connectivity index (χ4n) is 3.57. The number of carbonyl (C=O) groups is 1. The number of aryl methyl sites for hydroxylation is 2. The first-order valence-electron chi connectivity index (χ1n) is 10.1. The Hall–Kier alpha value is -3.32. The lowest BCUT2D eigenvalue weighted by Gasteiger charge is -2.34. The highest BCUT2D eigenvalue weighted by molar-refractivity contribution is 7.92. The molecule has 0 aliphatic carbocycles. The van der Waals surface area contributed by atoms with Crippen molar-refractivity contribution in [1.82, 2.24) is 0 Å². The summed E-state index contributed by atoms with van der Waals surface area (Å²) in [6.07, 6.45) is -0.223. The maximum absolute atomic E-state index is 13.4. The minimum Gasteiger partial charge on any atom is -0.476 e. The van der Waals surface area contributed by atoms with Crippen molar-refractivity contribution >= 4 is 27.3 Å². The molecule has 6 nitrogen and oxygen atoms in total. The van der Waals surface area contributed by atoms with Gasteiger partial charge in [0.25, 0.3) is 15.9 Å². The quantitative estimate of drug-likeness (QED) is 0.652. The Bertz CT molecular complexity index is 1210. The van der Waals surface area contributed by atoms with Gasteiger partial charge in [-0.3, -0.25) is 9.10 Å². The molecule has 0 saturated carbocycles. The number of para-hydroxylation sites is 3. The van der Waals surface area contributed by atoms with Crippen LogP contribution in [0.15, 0.2) is 77.7 Å². The number of rotatable bonds is 5. The second-order valence-electron chi connectivity index (χ2n) is 7.42. The van der Waals surface area contributed by atoms with E-state index in [2.05, 4.69) is 5.32 Å². The van der Waals surface area contributed by atoms with Gasteiger partial charge in [0.1, 0.15) is 5.75 Å². The zero-order valence-corrected chi connectivity index (χ0v) is 18.2. The lowest BCUT2D eigenvalue weighted by atomic mass is 10.1. The third kappa shape index (κ3) is 4.14. The smallest absolute Gasteiger partial charge is 0.267 e. The fraction of sp³-hybridized carbons (Fsp3) is 0.208. The van der Waals surface area contributed by atoms with Crippen molar-refractivity contribution in [3.05, 3.63) is 83.9 Å². The van der Waals surface area contributed by atoms with E-state index in [0.717, 1.165) is 17.5 Å². The Morgan fingerprint density at radius 3 is 2.45 bits per heavy atom. The highest BCUT2D eigenvalue weighted by atomic mass is 32.2. The summed E-state index contributed by atoms with van der Waals surface area (Å²) in [7, 11) is -3.87. The minimum atomic E-state index is -3.87. The summed E-state index contributed by atoms with van der Waals surface area (Å²) in [6, 6.07) is 21.1. The average Bonchev–Trinajstić information content (AvgIpc) is 2.79. The number of sulfonamides is 1. The Morgan fingerprint density at radius 1 is 1.03 bits per heavy atom. The van der Waals surface area contributed by atoms with Crippen molar-refractivity contribution in [3.63, 3.8) is 0 Å². The molecule has 3 aromatic rings. The van der Waals surface area contributed by atoms with Gasteiger partial charge in [0.2, 0.25) is 0 Å². The molecule has 1 heterocycles. The van der Waals surface area contributed by atoms with Gasteiger partial charge in [0, 0.05) is 5.69 Å². The topological polar surface area (TPSA) is 75.7 Å². The van der Waals surface area contributed by atoms with Crippen molar-refractivity contribution in [1.29, 1.82) is 0 Å². The van der Waals surface area contributed by atoms with Gasteiger partial charge in [-0.1, -0.05) is 55.0 Å². The number of benzene rings is 3. The molecule has 0 saturated heterocycles. The average molecular weight is 437 g/mol. The molecule has 0 bridgehead atoms. The van der Waals surface area contributed by atoms with E-state index >= 15 is 0 Å². The number of fused-ring (bicyclic) bond motifs is 1.